The Balaban J connectivity index is 2.35. The van der Waals surface area contributed by atoms with Crippen molar-refractivity contribution in [3.8, 4) is 5.69 Å². The average molecular weight is 261 g/mol. The topological polar surface area (TPSA) is 73.2 Å². The highest BCUT2D eigenvalue weighted by atomic mass is 16.3. The standard InChI is InChI=1S/C14H19N3O2/c1-10(2)16-7-8-17(14(16)19)12-5-3-11(4-6-12)13(18)9-15/h3-8,10,13,18H,9,15H2,1-2H3. The maximum absolute atomic E-state index is 12.1. The number of aliphatic hydroxyl groups is 1. The molecule has 2 rings (SSSR count). The molecule has 2 aromatic rings. The lowest BCUT2D eigenvalue weighted by molar-refractivity contribution is 0.187. The van der Waals surface area contributed by atoms with Gasteiger partial charge in [-0.05, 0) is 31.5 Å². The third kappa shape index (κ3) is 2.62. The van der Waals surface area contributed by atoms with Crippen molar-refractivity contribution in [1.29, 1.82) is 0 Å². The number of aromatic nitrogens is 2. The van der Waals surface area contributed by atoms with E-state index in [1.54, 1.807) is 45.8 Å². The smallest absolute Gasteiger partial charge is 0.332 e. The zero-order valence-electron chi connectivity index (χ0n) is 11.2. The summed E-state index contributed by atoms with van der Waals surface area (Å²) in [4.78, 5) is 12.1. The van der Waals surface area contributed by atoms with E-state index in [-0.39, 0.29) is 18.3 Å². The zero-order valence-corrected chi connectivity index (χ0v) is 11.2. The first-order valence-corrected chi connectivity index (χ1v) is 6.32. The van der Waals surface area contributed by atoms with Crippen molar-refractivity contribution in [2.24, 2.45) is 5.73 Å². The Labute approximate surface area is 111 Å². The zero-order chi connectivity index (χ0) is 14.0. The van der Waals surface area contributed by atoms with Crippen LogP contribution < -0.4 is 11.4 Å². The normalized spacial score (nSPS) is 12.9. The molecule has 5 heteroatoms. The van der Waals surface area contributed by atoms with Crippen molar-refractivity contribution in [3.63, 3.8) is 0 Å². The van der Waals surface area contributed by atoms with Gasteiger partial charge in [-0.3, -0.25) is 9.13 Å². The van der Waals surface area contributed by atoms with Gasteiger partial charge >= 0.3 is 5.69 Å². The van der Waals surface area contributed by atoms with Gasteiger partial charge in [-0.2, -0.15) is 0 Å². The molecule has 0 aliphatic heterocycles. The summed E-state index contributed by atoms with van der Waals surface area (Å²) in [7, 11) is 0. The molecule has 1 aromatic heterocycles. The number of hydrogen-bond donors (Lipinski definition) is 2. The van der Waals surface area contributed by atoms with E-state index in [1.165, 1.54) is 0 Å². The lowest BCUT2D eigenvalue weighted by atomic mass is 10.1. The Bertz CT molecular complexity index is 596. The Hall–Kier alpha value is -1.85. The van der Waals surface area contributed by atoms with E-state index >= 15 is 0 Å². The quantitative estimate of drug-likeness (QED) is 0.869. The molecule has 1 heterocycles. The van der Waals surface area contributed by atoms with Gasteiger partial charge in [0.1, 0.15) is 0 Å². The fourth-order valence-corrected chi connectivity index (χ4v) is 1.97. The Morgan fingerprint density at radius 3 is 2.32 bits per heavy atom. The maximum Gasteiger partial charge on any atom is 0.332 e. The molecule has 0 spiro atoms. The highest BCUT2D eigenvalue weighted by molar-refractivity contribution is 5.35. The largest absolute Gasteiger partial charge is 0.387 e. The Morgan fingerprint density at radius 1 is 1.21 bits per heavy atom. The van der Waals surface area contributed by atoms with Crippen LogP contribution in [0.5, 0.6) is 0 Å². The SMILES string of the molecule is CC(C)n1ccn(-c2ccc(C(O)CN)cc2)c1=O. The first-order valence-electron chi connectivity index (χ1n) is 6.32. The van der Waals surface area contributed by atoms with Gasteiger partial charge in [-0.25, -0.2) is 4.79 Å². The van der Waals surface area contributed by atoms with Crippen LogP contribution in [0.25, 0.3) is 5.69 Å². The molecule has 102 valence electrons. The molecule has 0 aliphatic rings. The van der Waals surface area contributed by atoms with Crippen molar-refractivity contribution < 1.29 is 5.11 Å². The van der Waals surface area contributed by atoms with Crippen molar-refractivity contribution in [2.45, 2.75) is 26.0 Å². The lowest BCUT2D eigenvalue weighted by Crippen LogP contribution is -2.24. The summed E-state index contributed by atoms with van der Waals surface area (Å²) in [5.41, 5.74) is 6.87. The molecule has 0 fully saturated rings. The number of nitrogens with zero attached hydrogens (tertiary/aromatic N) is 2. The van der Waals surface area contributed by atoms with Crippen LogP contribution >= 0.6 is 0 Å². The predicted molar refractivity (Wildman–Crippen MR) is 74.4 cm³/mol. The van der Waals surface area contributed by atoms with Gasteiger partial charge in [-0.15, -0.1) is 0 Å². The van der Waals surface area contributed by atoms with Crippen LogP contribution in [0.3, 0.4) is 0 Å². The number of hydrogen-bond acceptors (Lipinski definition) is 3. The molecule has 1 unspecified atom stereocenters. The van der Waals surface area contributed by atoms with E-state index in [0.717, 1.165) is 11.3 Å². The number of benzene rings is 1. The molecule has 3 N–H and O–H groups in total. The Kier molecular flexibility index (Phi) is 3.87. The van der Waals surface area contributed by atoms with E-state index in [9.17, 15) is 9.90 Å². The number of nitrogens with two attached hydrogens (primary N) is 1. The van der Waals surface area contributed by atoms with Crippen molar-refractivity contribution in [1.82, 2.24) is 9.13 Å². The fraction of sp³-hybridized carbons (Fsp3) is 0.357. The molecule has 0 saturated heterocycles. The van der Waals surface area contributed by atoms with Crippen molar-refractivity contribution in [3.05, 3.63) is 52.7 Å². The molecular formula is C14H19N3O2. The van der Waals surface area contributed by atoms with Crippen molar-refractivity contribution >= 4 is 0 Å². The van der Waals surface area contributed by atoms with Gasteiger partial charge in [0.2, 0.25) is 0 Å². The average Bonchev–Trinajstić information content (AvgIpc) is 2.80. The first-order chi connectivity index (χ1) is 9.04. The van der Waals surface area contributed by atoms with Gasteiger partial charge in [0.05, 0.1) is 11.8 Å². The summed E-state index contributed by atoms with van der Waals surface area (Å²) in [6.07, 6.45) is 2.86. The van der Waals surface area contributed by atoms with Crippen LogP contribution in [-0.2, 0) is 0 Å². The second kappa shape index (κ2) is 5.42. The van der Waals surface area contributed by atoms with Crippen LogP contribution in [0.15, 0.2) is 41.5 Å². The summed E-state index contributed by atoms with van der Waals surface area (Å²) in [6, 6.07) is 7.31. The minimum atomic E-state index is -0.661. The molecule has 0 radical (unpaired) electrons. The monoisotopic (exact) mass is 261 g/mol. The van der Waals surface area contributed by atoms with Gasteiger partial charge in [0, 0.05) is 25.0 Å². The number of imidazole rings is 1. The van der Waals surface area contributed by atoms with Gasteiger partial charge < -0.3 is 10.8 Å². The molecular weight excluding hydrogens is 242 g/mol. The predicted octanol–water partition coefficient (Wildman–Crippen LogP) is 1.21. The molecule has 0 amide bonds. The maximum atomic E-state index is 12.1. The summed E-state index contributed by atoms with van der Waals surface area (Å²) in [5.74, 6) is 0. The highest BCUT2D eigenvalue weighted by Crippen LogP contribution is 2.14. The fourth-order valence-electron chi connectivity index (χ4n) is 1.97. The minimum Gasteiger partial charge on any atom is -0.387 e. The van der Waals surface area contributed by atoms with E-state index in [4.69, 9.17) is 5.73 Å². The molecule has 5 nitrogen and oxygen atoms in total. The van der Waals surface area contributed by atoms with Crippen molar-refractivity contribution in [2.75, 3.05) is 6.54 Å². The number of aliphatic hydroxyl groups excluding tert-OH is 1. The molecule has 19 heavy (non-hydrogen) atoms. The summed E-state index contributed by atoms with van der Waals surface area (Å²) in [6.45, 7) is 4.11. The van der Waals surface area contributed by atoms with Gasteiger partial charge in [0.25, 0.3) is 0 Å². The van der Waals surface area contributed by atoms with Crippen LogP contribution in [0, 0.1) is 0 Å². The third-order valence-corrected chi connectivity index (χ3v) is 3.14. The van der Waals surface area contributed by atoms with E-state index in [1.807, 2.05) is 13.8 Å². The lowest BCUT2D eigenvalue weighted by Gasteiger charge is -2.09. The Morgan fingerprint density at radius 2 is 1.84 bits per heavy atom. The molecule has 0 bridgehead atoms. The summed E-state index contributed by atoms with van der Waals surface area (Å²) >= 11 is 0. The van der Waals surface area contributed by atoms with Crippen LogP contribution in [0.2, 0.25) is 0 Å². The second-order valence-electron chi connectivity index (χ2n) is 4.79. The first kappa shape index (κ1) is 13.6. The molecule has 1 atom stereocenters. The van der Waals surface area contributed by atoms with Crippen LogP contribution in [0.4, 0.5) is 0 Å². The molecule has 0 aliphatic carbocycles. The van der Waals surface area contributed by atoms with Gasteiger partial charge in [-0.1, -0.05) is 12.1 Å². The minimum absolute atomic E-state index is 0.0675. The van der Waals surface area contributed by atoms with E-state index in [0.29, 0.717) is 0 Å². The van der Waals surface area contributed by atoms with Gasteiger partial charge in [0.15, 0.2) is 0 Å². The highest BCUT2D eigenvalue weighted by Gasteiger charge is 2.09. The van der Waals surface area contributed by atoms with Crippen LogP contribution in [-0.4, -0.2) is 20.8 Å². The second-order valence-corrected chi connectivity index (χ2v) is 4.79. The van der Waals surface area contributed by atoms with E-state index < -0.39 is 6.10 Å². The summed E-state index contributed by atoms with van der Waals surface area (Å²) < 4.78 is 3.25. The third-order valence-electron chi connectivity index (χ3n) is 3.14. The van der Waals surface area contributed by atoms with E-state index in [2.05, 4.69) is 0 Å². The summed E-state index contributed by atoms with van der Waals surface area (Å²) in [5, 5.41) is 9.62. The molecule has 1 aromatic carbocycles. The molecule has 0 saturated carbocycles. The van der Waals surface area contributed by atoms with Crippen LogP contribution in [0.1, 0.15) is 31.6 Å². The number of rotatable bonds is 4.